The predicted molar refractivity (Wildman–Crippen MR) is 141 cm³/mol. The third-order valence-corrected chi connectivity index (χ3v) is 6.02. The first-order valence-corrected chi connectivity index (χ1v) is 11.2. The number of aromatic hydroxyl groups is 1. The second-order valence-electron chi connectivity index (χ2n) is 8.70. The average molecular weight is 534 g/mol. The predicted octanol–water partition coefficient (Wildman–Crippen LogP) is 2.94. The van der Waals surface area contributed by atoms with Crippen LogP contribution in [0.25, 0.3) is 28.2 Å². The van der Waals surface area contributed by atoms with E-state index in [1.54, 1.807) is 38.4 Å². The van der Waals surface area contributed by atoms with E-state index in [2.05, 4.69) is 54.4 Å². The molecule has 4 heterocycles. The Morgan fingerprint density at radius 1 is 1.11 bits per heavy atom. The van der Waals surface area contributed by atoms with Gasteiger partial charge in [-0.2, -0.15) is 0 Å². The van der Waals surface area contributed by atoms with Crippen molar-refractivity contribution >= 4 is 36.4 Å². The molecule has 0 aliphatic carbocycles. The highest BCUT2D eigenvalue weighted by atomic mass is 35.5. The van der Waals surface area contributed by atoms with Crippen LogP contribution in [0.5, 0.6) is 11.5 Å². The van der Waals surface area contributed by atoms with Crippen molar-refractivity contribution in [3.05, 3.63) is 36.3 Å². The fourth-order valence-corrected chi connectivity index (χ4v) is 4.09. The quantitative estimate of drug-likeness (QED) is 0.395. The Balaban J connectivity index is 0.00000180. The molecule has 4 aromatic rings. The zero-order valence-corrected chi connectivity index (χ0v) is 22.0. The van der Waals surface area contributed by atoms with Gasteiger partial charge in [-0.05, 0) is 25.0 Å². The Hall–Kier alpha value is -3.28. The lowest BCUT2D eigenvalue weighted by atomic mass is 10.0. The summed E-state index contributed by atoms with van der Waals surface area (Å²) >= 11 is 0. The van der Waals surface area contributed by atoms with Gasteiger partial charge < -0.3 is 20.1 Å². The number of piperazine rings is 1. The number of methoxy groups -OCH3 is 1. The minimum absolute atomic E-state index is 0. The van der Waals surface area contributed by atoms with Crippen molar-refractivity contribution < 1.29 is 9.84 Å². The molecule has 0 spiro atoms. The Morgan fingerprint density at radius 3 is 2.58 bits per heavy atom. The molecular weight excluding hydrogens is 505 g/mol. The summed E-state index contributed by atoms with van der Waals surface area (Å²) in [5.74, 6) is 2.32. The minimum atomic E-state index is 0. The van der Waals surface area contributed by atoms with E-state index in [-0.39, 0.29) is 30.6 Å². The van der Waals surface area contributed by atoms with Gasteiger partial charge in [-0.15, -0.1) is 49.8 Å². The average Bonchev–Trinajstić information content (AvgIpc) is 3.23. The Morgan fingerprint density at radius 2 is 1.92 bits per heavy atom. The summed E-state index contributed by atoms with van der Waals surface area (Å²) in [5.41, 5.74) is 2.87. The van der Waals surface area contributed by atoms with Crippen molar-refractivity contribution in [3.63, 3.8) is 0 Å². The van der Waals surface area contributed by atoms with Crippen LogP contribution in [-0.2, 0) is 0 Å². The monoisotopic (exact) mass is 533 g/mol. The number of nitrogens with zero attached hydrogens (tertiary/aromatic N) is 8. The largest absolute Gasteiger partial charge is 0.507 e. The number of hydrogen-bond acceptors (Lipinski definition) is 10. The number of aryl methyl sites for hydroxylation is 1. The van der Waals surface area contributed by atoms with Gasteiger partial charge in [-0.3, -0.25) is 0 Å². The van der Waals surface area contributed by atoms with Gasteiger partial charge in [-0.1, -0.05) is 19.9 Å². The van der Waals surface area contributed by atoms with Crippen LogP contribution in [0.15, 0.2) is 30.5 Å². The van der Waals surface area contributed by atoms with E-state index < -0.39 is 0 Å². The van der Waals surface area contributed by atoms with Crippen molar-refractivity contribution in [3.8, 4) is 34.0 Å². The summed E-state index contributed by atoms with van der Waals surface area (Å²) in [4.78, 5) is 11.0. The third-order valence-electron chi connectivity index (χ3n) is 6.02. The van der Waals surface area contributed by atoms with Gasteiger partial charge in [-0.25, -0.2) is 9.97 Å². The molecule has 0 bridgehead atoms. The van der Waals surface area contributed by atoms with Gasteiger partial charge in [0, 0.05) is 42.9 Å². The van der Waals surface area contributed by atoms with E-state index in [0.29, 0.717) is 57.6 Å². The molecule has 1 atom stereocenters. The maximum absolute atomic E-state index is 10.8. The van der Waals surface area contributed by atoms with Gasteiger partial charge in [0.05, 0.1) is 19.0 Å². The Kier molecular flexibility index (Phi) is 8.49. The molecule has 36 heavy (non-hydrogen) atoms. The second kappa shape index (κ2) is 11.2. The van der Waals surface area contributed by atoms with E-state index in [1.807, 2.05) is 6.07 Å². The first kappa shape index (κ1) is 27.3. The number of benzene rings is 1. The van der Waals surface area contributed by atoms with Gasteiger partial charge in [0.1, 0.15) is 11.4 Å². The number of phenols is 1. The van der Waals surface area contributed by atoms with Crippen molar-refractivity contribution in [2.45, 2.75) is 26.8 Å². The number of nitrogens with one attached hydrogen (secondary N) is 1. The minimum Gasteiger partial charge on any atom is -0.507 e. The normalized spacial score (nSPS) is 15.5. The number of fused-ring (bicyclic) bond motifs is 1. The van der Waals surface area contributed by atoms with Gasteiger partial charge in [0.15, 0.2) is 11.6 Å². The number of anilines is 1. The maximum atomic E-state index is 10.8. The summed E-state index contributed by atoms with van der Waals surface area (Å²) < 4.78 is 6.88. The van der Waals surface area contributed by atoms with Gasteiger partial charge in [0.25, 0.3) is 0 Å². The molecule has 1 aliphatic heterocycles. The molecular formula is C23H29Cl2N9O2. The number of aromatic nitrogens is 7. The van der Waals surface area contributed by atoms with Crippen LogP contribution in [0, 0.1) is 12.8 Å². The lowest BCUT2D eigenvalue weighted by Gasteiger charge is -2.35. The van der Waals surface area contributed by atoms with Gasteiger partial charge in [0.2, 0.25) is 11.6 Å². The molecule has 2 N–H and O–H groups in total. The van der Waals surface area contributed by atoms with Crippen LogP contribution in [0.2, 0.25) is 0 Å². The van der Waals surface area contributed by atoms with E-state index in [1.165, 1.54) is 4.63 Å². The molecule has 1 fully saturated rings. The Labute approximate surface area is 221 Å². The number of halogens is 2. The molecule has 5 rings (SSSR count). The molecule has 0 radical (unpaired) electrons. The zero-order valence-electron chi connectivity index (χ0n) is 20.4. The van der Waals surface area contributed by atoms with Gasteiger partial charge >= 0.3 is 0 Å². The SMILES string of the molecule is COc1cc(-c2ccc(-c3cnc(N4CCN[C@@H](C(C)C)C4)nn3)c(O)c2)nn2nc(C)nc12.Cl.Cl. The molecule has 0 saturated carbocycles. The smallest absolute Gasteiger partial charge is 0.245 e. The van der Waals surface area contributed by atoms with Crippen LogP contribution < -0.4 is 15.0 Å². The molecule has 1 aliphatic rings. The summed E-state index contributed by atoms with van der Waals surface area (Å²) in [5, 5.41) is 31.7. The topological polar surface area (TPSA) is 126 Å². The molecule has 0 unspecified atom stereocenters. The third kappa shape index (κ3) is 5.28. The molecule has 0 amide bonds. The van der Waals surface area contributed by atoms with E-state index in [0.717, 1.165) is 19.6 Å². The van der Waals surface area contributed by atoms with E-state index >= 15 is 0 Å². The first-order chi connectivity index (χ1) is 16.4. The van der Waals surface area contributed by atoms with Crippen LogP contribution in [0.1, 0.15) is 19.7 Å². The lowest BCUT2D eigenvalue weighted by Crippen LogP contribution is -2.53. The first-order valence-electron chi connectivity index (χ1n) is 11.2. The van der Waals surface area contributed by atoms with E-state index in [9.17, 15) is 5.11 Å². The summed E-state index contributed by atoms with van der Waals surface area (Å²) in [6, 6.07) is 7.42. The number of rotatable bonds is 5. The molecule has 192 valence electrons. The summed E-state index contributed by atoms with van der Waals surface area (Å²) in [6.07, 6.45) is 1.65. The van der Waals surface area contributed by atoms with Crippen molar-refractivity contribution in [2.75, 3.05) is 31.6 Å². The van der Waals surface area contributed by atoms with Crippen LogP contribution in [0.3, 0.4) is 0 Å². The van der Waals surface area contributed by atoms with Crippen LogP contribution in [0.4, 0.5) is 5.95 Å². The Bertz CT molecular complexity index is 1330. The number of ether oxygens (including phenoxy) is 1. The summed E-state index contributed by atoms with van der Waals surface area (Å²) in [7, 11) is 1.57. The maximum Gasteiger partial charge on any atom is 0.245 e. The van der Waals surface area contributed by atoms with Crippen molar-refractivity contribution in [1.82, 2.24) is 40.3 Å². The lowest BCUT2D eigenvalue weighted by molar-refractivity contribution is 0.365. The molecule has 13 heteroatoms. The van der Waals surface area contributed by atoms with Crippen LogP contribution >= 0.6 is 24.8 Å². The fourth-order valence-electron chi connectivity index (χ4n) is 4.09. The standard InChI is InChI=1S/C23H27N9O2.2ClH/c1-13(2)19-12-31(8-7-24-19)23-25-11-18(27-28-23)16-6-5-15(9-20(16)33)17-10-21(34-4)22-26-14(3)29-32(22)30-17;;/h5-6,9-11,13,19,24,33H,7-8,12H2,1-4H3;2*1H/t19-;;/m1../s1. The van der Waals surface area contributed by atoms with Crippen LogP contribution in [-0.4, -0.2) is 72.9 Å². The molecule has 3 aromatic heterocycles. The molecule has 11 nitrogen and oxygen atoms in total. The van der Waals surface area contributed by atoms with Crippen molar-refractivity contribution in [2.24, 2.45) is 5.92 Å². The highest BCUT2D eigenvalue weighted by molar-refractivity contribution is 5.85. The summed E-state index contributed by atoms with van der Waals surface area (Å²) in [6.45, 7) is 8.74. The molecule has 1 saturated heterocycles. The van der Waals surface area contributed by atoms with E-state index in [4.69, 9.17) is 4.74 Å². The fraction of sp³-hybridized carbons (Fsp3) is 0.391. The zero-order chi connectivity index (χ0) is 23.8. The number of hydrogen-bond donors (Lipinski definition) is 2. The van der Waals surface area contributed by atoms with Crippen molar-refractivity contribution in [1.29, 1.82) is 0 Å². The number of phenolic OH excluding ortho intramolecular Hbond substituents is 1. The second-order valence-corrected chi connectivity index (χ2v) is 8.70. The highest BCUT2D eigenvalue weighted by Crippen LogP contribution is 2.33. The highest BCUT2D eigenvalue weighted by Gasteiger charge is 2.24. The molecule has 1 aromatic carbocycles.